The minimum absolute atomic E-state index is 0.207. The Hall–Kier alpha value is -2.15. The van der Waals surface area contributed by atoms with Crippen LogP contribution < -0.4 is 14.8 Å². The van der Waals surface area contributed by atoms with E-state index >= 15 is 0 Å². The third-order valence-electron chi connectivity index (χ3n) is 3.48. The van der Waals surface area contributed by atoms with E-state index in [1.807, 2.05) is 18.2 Å². The second kappa shape index (κ2) is 6.63. The standard InChI is InChI=1S/C17H10Cl2N2O3S/c18-11-3-2-10(7-12(11)19)20-17-21-16(22)15(25-17)6-9-1-4-13-14(5-9)24-8-23-13/h1-7H,8H2,(H,20,21,22). The van der Waals surface area contributed by atoms with Gasteiger partial charge in [-0.1, -0.05) is 29.3 Å². The van der Waals surface area contributed by atoms with Gasteiger partial charge in [-0.3, -0.25) is 4.79 Å². The molecule has 1 fully saturated rings. The zero-order valence-electron chi connectivity index (χ0n) is 12.6. The van der Waals surface area contributed by atoms with Crippen molar-refractivity contribution in [3.8, 4) is 11.5 Å². The van der Waals surface area contributed by atoms with Crippen molar-refractivity contribution >= 4 is 57.8 Å². The zero-order valence-corrected chi connectivity index (χ0v) is 14.9. The summed E-state index contributed by atoms with van der Waals surface area (Å²) >= 11 is 13.1. The smallest absolute Gasteiger partial charge is 0.264 e. The second-order valence-electron chi connectivity index (χ2n) is 5.19. The van der Waals surface area contributed by atoms with E-state index in [9.17, 15) is 4.79 Å². The highest BCUT2D eigenvalue weighted by Gasteiger charge is 2.24. The summed E-state index contributed by atoms with van der Waals surface area (Å²) in [7, 11) is 0. The summed E-state index contributed by atoms with van der Waals surface area (Å²) in [5.74, 6) is 1.16. The fourth-order valence-electron chi connectivity index (χ4n) is 2.31. The normalized spacial score (nSPS) is 18.9. The molecule has 0 radical (unpaired) electrons. The summed E-state index contributed by atoms with van der Waals surface area (Å²) < 4.78 is 10.6. The molecule has 4 rings (SSSR count). The highest BCUT2D eigenvalue weighted by molar-refractivity contribution is 8.18. The number of hydrogen-bond acceptors (Lipinski definition) is 5. The number of carbonyl (C=O) groups is 1. The summed E-state index contributed by atoms with van der Waals surface area (Å²) in [6.45, 7) is 0.213. The maximum atomic E-state index is 12.1. The summed E-state index contributed by atoms with van der Waals surface area (Å²) in [5, 5.41) is 4.08. The number of ether oxygens (including phenoxy) is 2. The maximum Gasteiger partial charge on any atom is 0.264 e. The number of hydrogen-bond donors (Lipinski definition) is 1. The summed E-state index contributed by atoms with van der Waals surface area (Å²) in [6, 6.07) is 10.5. The minimum Gasteiger partial charge on any atom is -0.454 e. The largest absolute Gasteiger partial charge is 0.454 e. The molecule has 0 spiro atoms. The number of aliphatic imine (C=N–C) groups is 1. The van der Waals surface area contributed by atoms with Crippen LogP contribution in [0.3, 0.4) is 0 Å². The van der Waals surface area contributed by atoms with Crippen molar-refractivity contribution in [2.24, 2.45) is 4.99 Å². The molecule has 2 heterocycles. The molecule has 0 atom stereocenters. The number of carbonyl (C=O) groups excluding carboxylic acids is 1. The molecule has 25 heavy (non-hydrogen) atoms. The molecule has 126 valence electrons. The lowest BCUT2D eigenvalue weighted by Crippen LogP contribution is -2.19. The maximum absolute atomic E-state index is 12.1. The third-order valence-corrected chi connectivity index (χ3v) is 5.13. The molecule has 0 unspecified atom stereocenters. The van der Waals surface area contributed by atoms with Gasteiger partial charge in [0.1, 0.15) is 0 Å². The van der Waals surface area contributed by atoms with Gasteiger partial charge in [-0.15, -0.1) is 0 Å². The van der Waals surface area contributed by atoms with Crippen LogP contribution in [0.4, 0.5) is 5.69 Å². The Morgan fingerprint density at radius 2 is 1.92 bits per heavy atom. The van der Waals surface area contributed by atoms with E-state index in [0.29, 0.717) is 37.3 Å². The fourth-order valence-corrected chi connectivity index (χ4v) is 3.44. The lowest BCUT2D eigenvalue weighted by molar-refractivity contribution is -0.115. The number of fused-ring (bicyclic) bond motifs is 1. The van der Waals surface area contributed by atoms with Gasteiger partial charge in [0.25, 0.3) is 5.91 Å². The highest BCUT2D eigenvalue weighted by Crippen LogP contribution is 2.35. The average Bonchev–Trinajstić information content (AvgIpc) is 3.17. The van der Waals surface area contributed by atoms with Crippen LogP contribution in [0, 0.1) is 0 Å². The van der Waals surface area contributed by atoms with E-state index in [-0.39, 0.29) is 12.7 Å². The van der Waals surface area contributed by atoms with E-state index in [1.165, 1.54) is 11.8 Å². The molecule has 0 saturated carbocycles. The van der Waals surface area contributed by atoms with Gasteiger partial charge in [0.2, 0.25) is 6.79 Å². The Morgan fingerprint density at radius 1 is 1.08 bits per heavy atom. The number of nitrogens with zero attached hydrogens (tertiary/aromatic N) is 1. The Morgan fingerprint density at radius 3 is 2.76 bits per heavy atom. The Labute approximate surface area is 157 Å². The summed E-state index contributed by atoms with van der Waals surface area (Å²) in [6.07, 6.45) is 1.78. The Balaban J connectivity index is 1.57. The van der Waals surface area contributed by atoms with Crippen LogP contribution in [0.2, 0.25) is 10.0 Å². The molecule has 1 N–H and O–H groups in total. The second-order valence-corrected chi connectivity index (χ2v) is 7.04. The summed E-state index contributed by atoms with van der Waals surface area (Å²) in [5.41, 5.74) is 1.46. The van der Waals surface area contributed by atoms with Crippen molar-refractivity contribution in [3.05, 3.63) is 56.9 Å². The van der Waals surface area contributed by atoms with E-state index in [4.69, 9.17) is 32.7 Å². The molecule has 2 aliphatic heterocycles. The Kier molecular flexibility index (Phi) is 4.33. The van der Waals surface area contributed by atoms with Crippen molar-refractivity contribution < 1.29 is 14.3 Å². The van der Waals surface area contributed by atoms with Crippen molar-refractivity contribution in [3.63, 3.8) is 0 Å². The van der Waals surface area contributed by atoms with Crippen LogP contribution in [0.15, 0.2) is 46.3 Å². The molecule has 5 nitrogen and oxygen atoms in total. The van der Waals surface area contributed by atoms with E-state index in [2.05, 4.69) is 10.3 Å². The number of amides is 1. The number of halogens is 2. The number of benzene rings is 2. The van der Waals surface area contributed by atoms with E-state index in [1.54, 1.807) is 24.3 Å². The zero-order chi connectivity index (χ0) is 17.4. The number of amidine groups is 1. The van der Waals surface area contributed by atoms with Crippen LogP contribution in [0.25, 0.3) is 6.08 Å². The van der Waals surface area contributed by atoms with Crippen molar-refractivity contribution in [1.82, 2.24) is 5.32 Å². The van der Waals surface area contributed by atoms with Crippen molar-refractivity contribution in [1.29, 1.82) is 0 Å². The van der Waals surface area contributed by atoms with Crippen molar-refractivity contribution in [2.75, 3.05) is 6.79 Å². The predicted molar refractivity (Wildman–Crippen MR) is 99.8 cm³/mol. The van der Waals surface area contributed by atoms with Gasteiger partial charge in [0.15, 0.2) is 16.7 Å². The SMILES string of the molecule is O=C1NC(=Nc2ccc(Cl)c(Cl)c2)SC1=Cc1ccc2c(c1)OCO2. The lowest BCUT2D eigenvalue weighted by atomic mass is 10.2. The first kappa shape index (κ1) is 16.3. The Bertz CT molecular complexity index is 943. The number of thioether (sulfide) groups is 1. The predicted octanol–water partition coefficient (Wildman–Crippen LogP) is 4.61. The molecule has 1 amide bonds. The first-order valence-electron chi connectivity index (χ1n) is 7.23. The fraction of sp³-hybridized carbons (Fsp3) is 0.0588. The van der Waals surface area contributed by atoms with Gasteiger partial charge in [0.05, 0.1) is 20.6 Å². The van der Waals surface area contributed by atoms with Crippen LogP contribution in [-0.4, -0.2) is 17.9 Å². The molecule has 0 bridgehead atoms. The topological polar surface area (TPSA) is 59.9 Å². The first-order valence-corrected chi connectivity index (χ1v) is 8.80. The van der Waals surface area contributed by atoms with Gasteiger partial charge in [-0.2, -0.15) is 0 Å². The molecule has 2 aromatic carbocycles. The summed E-state index contributed by atoms with van der Waals surface area (Å²) in [4.78, 5) is 17.1. The van der Waals surface area contributed by atoms with Gasteiger partial charge < -0.3 is 14.8 Å². The molecule has 0 aliphatic carbocycles. The van der Waals surface area contributed by atoms with Gasteiger partial charge >= 0.3 is 0 Å². The van der Waals surface area contributed by atoms with Crippen molar-refractivity contribution in [2.45, 2.75) is 0 Å². The lowest BCUT2D eigenvalue weighted by Gasteiger charge is -1.99. The number of nitrogens with one attached hydrogen (secondary N) is 1. The van der Waals surface area contributed by atoms with Gasteiger partial charge in [0, 0.05) is 0 Å². The quantitative estimate of drug-likeness (QED) is 0.757. The highest BCUT2D eigenvalue weighted by atomic mass is 35.5. The first-order chi connectivity index (χ1) is 12.1. The number of rotatable bonds is 2. The molecule has 8 heteroatoms. The van der Waals surface area contributed by atoms with Crippen LogP contribution in [-0.2, 0) is 4.79 Å². The molecule has 2 aliphatic rings. The van der Waals surface area contributed by atoms with E-state index < -0.39 is 0 Å². The van der Waals surface area contributed by atoms with Gasteiger partial charge in [-0.05, 0) is 53.7 Å². The van der Waals surface area contributed by atoms with Gasteiger partial charge in [-0.25, -0.2) is 4.99 Å². The molecule has 0 aromatic heterocycles. The van der Waals surface area contributed by atoms with Crippen LogP contribution in [0.1, 0.15) is 5.56 Å². The molecular formula is C17H10Cl2N2O3S. The van der Waals surface area contributed by atoms with Crippen LogP contribution >= 0.6 is 35.0 Å². The third kappa shape index (κ3) is 3.46. The minimum atomic E-state index is -0.207. The monoisotopic (exact) mass is 392 g/mol. The van der Waals surface area contributed by atoms with Crippen LogP contribution in [0.5, 0.6) is 11.5 Å². The molecule has 1 saturated heterocycles. The molecular weight excluding hydrogens is 383 g/mol. The average molecular weight is 393 g/mol. The van der Waals surface area contributed by atoms with E-state index in [0.717, 1.165) is 5.56 Å². The molecule has 2 aromatic rings.